The Morgan fingerprint density at radius 3 is 2.76 bits per heavy atom. The Morgan fingerprint density at radius 2 is 2.10 bits per heavy atom. The van der Waals surface area contributed by atoms with Crippen molar-refractivity contribution in [3.05, 3.63) is 24.0 Å². The zero-order chi connectivity index (χ0) is 15.3. The Morgan fingerprint density at radius 1 is 1.24 bits per heavy atom. The Labute approximate surface area is 126 Å². The van der Waals surface area contributed by atoms with E-state index in [1.54, 1.807) is 19.4 Å². The lowest BCUT2D eigenvalue weighted by atomic mass is 10.3. The number of methoxy groups -OCH3 is 1. The third-order valence-corrected chi connectivity index (χ3v) is 2.81. The predicted octanol–water partition coefficient (Wildman–Crippen LogP) is 1.69. The highest BCUT2D eigenvalue weighted by atomic mass is 16.5. The molecule has 0 aliphatic heterocycles. The Hall–Kier alpha value is -1.66. The number of amides is 1. The summed E-state index contributed by atoms with van der Waals surface area (Å²) in [6.07, 6.45) is 3.47. The molecule has 1 amide bonds. The quantitative estimate of drug-likeness (QED) is 0.608. The smallest absolute Gasteiger partial charge is 0.269 e. The molecule has 21 heavy (non-hydrogen) atoms. The van der Waals surface area contributed by atoms with Crippen LogP contribution in [0.5, 0.6) is 0 Å². The molecule has 1 aromatic rings. The van der Waals surface area contributed by atoms with Crippen LogP contribution in [-0.4, -0.2) is 50.9 Å². The fourth-order valence-electron chi connectivity index (χ4n) is 1.70. The number of ether oxygens (including phenoxy) is 2. The second-order valence-corrected chi connectivity index (χ2v) is 4.53. The summed E-state index contributed by atoms with van der Waals surface area (Å²) in [6.45, 7) is 5.40. The van der Waals surface area contributed by atoms with Crippen LogP contribution in [0.4, 0.5) is 5.69 Å². The maximum atomic E-state index is 11.8. The van der Waals surface area contributed by atoms with Crippen LogP contribution in [0.25, 0.3) is 0 Å². The molecule has 6 nitrogen and oxygen atoms in total. The predicted molar refractivity (Wildman–Crippen MR) is 82.7 cm³/mol. The highest BCUT2D eigenvalue weighted by molar-refractivity contribution is 5.92. The number of hydrogen-bond donors (Lipinski definition) is 2. The molecule has 1 aromatic heterocycles. The molecule has 0 aromatic carbocycles. The van der Waals surface area contributed by atoms with E-state index in [1.165, 1.54) is 0 Å². The van der Waals surface area contributed by atoms with E-state index in [2.05, 4.69) is 15.6 Å². The number of aromatic nitrogens is 1. The van der Waals surface area contributed by atoms with Gasteiger partial charge in [0.2, 0.25) is 0 Å². The molecule has 0 aliphatic rings. The van der Waals surface area contributed by atoms with Gasteiger partial charge in [0.1, 0.15) is 5.69 Å². The number of pyridine rings is 1. The average molecular weight is 295 g/mol. The van der Waals surface area contributed by atoms with Gasteiger partial charge in [0.25, 0.3) is 5.91 Å². The van der Waals surface area contributed by atoms with Crippen molar-refractivity contribution in [2.75, 3.05) is 45.3 Å². The molecule has 0 bridgehead atoms. The zero-order valence-electron chi connectivity index (χ0n) is 12.9. The number of carbonyl (C=O) groups is 1. The van der Waals surface area contributed by atoms with Crippen molar-refractivity contribution < 1.29 is 14.3 Å². The lowest BCUT2D eigenvalue weighted by Gasteiger charge is -2.06. The number of anilines is 1. The molecule has 0 atom stereocenters. The Balaban J connectivity index is 2.13. The zero-order valence-corrected chi connectivity index (χ0v) is 12.9. The minimum Gasteiger partial charge on any atom is -0.384 e. The van der Waals surface area contributed by atoms with E-state index in [0.29, 0.717) is 32.1 Å². The number of hydrogen-bond acceptors (Lipinski definition) is 5. The summed E-state index contributed by atoms with van der Waals surface area (Å²) >= 11 is 0. The third kappa shape index (κ3) is 7.63. The van der Waals surface area contributed by atoms with E-state index >= 15 is 0 Å². The fourth-order valence-corrected chi connectivity index (χ4v) is 1.70. The molecule has 0 saturated carbocycles. The van der Waals surface area contributed by atoms with Gasteiger partial charge >= 0.3 is 0 Å². The highest BCUT2D eigenvalue weighted by Crippen LogP contribution is 2.05. The number of carbonyl (C=O) groups excluding carboxylic acids is 1. The first-order valence-corrected chi connectivity index (χ1v) is 7.32. The van der Waals surface area contributed by atoms with E-state index in [0.717, 1.165) is 25.1 Å². The Bertz CT molecular complexity index is 396. The molecular weight excluding hydrogens is 270 g/mol. The topological polar surface area (TPSA) is 72.5 Å². The molecular formula is C15H25N3O3. The van der Waals surface area contributed by atoms with Crippen LogP contribution in [0, 0.1) is 0 Å². The van der Waals surface area contributed by atoms with Gasteiger partial charge < -0.3 is 20.1 Å². The van der Waals surface area contributed by atoms with Crippen molar-refractivity contribution in [1.82, 2.24) is 10.3 Å². The molecule has 0 spiro atoms. The van der Waals surface area contributed by atoms with Gasteiger partial charge in [0.15, 0.2) is 0 Å². The number of nitrogens with zero attached hydrogens (tertiary/aromatic N) is 1. The largest absolute Gasteiger partial charge is 0.384 e. The molecule has 0 radical (unpaired) electrons. The van der Waals surface area contributed by atoms with E-state index in [-0.39, 0.29) is 5.91 Å². The van der Waals surface area contributed by atoms with E-state index in [1.807, 2.05) is 13.0 Å². The summed E-state index contributed by atoms with van der Waals surface area (Å²) in [5.41, 5.74) is 1.36. The Kier molecular flexibility index (Phi) is 9.15. The van der Waals surface area contributed by atoms with Gasteiger partial charge in [0, 0.05) is 26.8 Å². The van der Waals surface area contributed by atoms with Crippen LogP contribution in [0.3, 0.4) is 0 Å². The maximum absolute atomic E-state index is 11.8. The SMILES string of the molecule is CCNc1ccc(C(=O)NCCCCOCCOC)nc1. The molecule has 0 aliphatic carbocycles. The van der Waals surface area contributed by atoms with Crippen LogP contribution in [0.1, 0.15) is 30.3 Å². The van der Waals surface area contributed by atoms with Gasteiger partial charge in [-0.05, 0) is 31.9 Å². The van der Waals surface area contributed by atoms with Gasteiger partial charge in [-0.25, -0.2) is 4.98 Å². The van der Waals surface area contributed by atoms with Gasteiger partial charge in [0.05, 0.1) is 25.1 Å². The van der Waals surface area contributed by atoms with Gasteiger partial charge in [-0.1, -0.05) is 0 Å². The summed E-state index contributed by atoms with van der Waals surface area (Å²) < 4.78 is 10.2. The van der Waals surface area contributed by atoms with Crippen molar-refractivity contribution in [2.45, 2.75) is 19.8 Å². The molecule has 118 valence electrons. The fraction of sp³-hybridized carbons (Fsp3) is 0.600. The van der Waals surface area contributed by atoms with Crippen molar-refractivity contribution in [2.24, 2.45) is 0 Å². The van der Waals surface area contributed by atoms with Crippen LogP contribution in [0.15, 0.2) is 18.3 Å². The van der Waals surface area contributed by atoms with Crippen molar-refractivity contribution in [1.29, 1.82) is 0 Å². The van der Waals surface area contributed by atoms with Crippen molar-refractivity contribution in [3.63, 3.8) is 0 Å². The van der Waals surface area contributed by atoms with E-state index < -0.39 is 0 Å². The monoisotopic (exact) mass is 295 g/mol. The van der Waals surface area contributed by atoms with Gasteiger partial charge in [-0.15, -0.1) is 0 Å². The van der Waals surface area contributed by atoms with E-state index in [4.69, 9.17) is 9.47 Å². The molecule has 1 rings (SSSR count). The minimum atomic E-state index is -0.140. The van der Waals surface area contributed by atoms with Gasteiger partial charge in [-0.3, -0.25) is 4.79 Å². The highest BCUT2D eigenvalue weighted by Gasteiger charge is 2.05. The molecule has 6 heteroatoms. The van der Waals surface area contributed by atoms with Crippen molar-refractivity contribution in [3.8, 4) is 0 Å². The standard InChI is InChI=1S/C15H25N3O3/c1-3-16-13-6-7-14(18-12-13)15(19)17-8-4-5-9-21-11-10-20-2/h6-7,12,16H,3-5,8-11H2,1-2H3,(H,17,19). The molecule has 0 unspecified atom stereocenters. The third-order valence-electron chi connectivity index (χ3n) is 2.81. The molecule has 2 N–H and O–H groups in total. The average Bonchev–Trinajstić information content (AvgIpc) is 2.51. The van der Waals surface area contributed by atoms with Gasteiger partial charge in [-0.2, -0.15) is 0 Å². The second kappa shape index (κ2) is 11.0. The number of rotatable bonds is 11. The summed E-state index contributed by atoms with van der Waals surface area (Å²) in [6, 6.07) is 3.58. The first-order chi connectivity index (χ1) is 10.3. The summed E-state index contributed by atoms with van der Waals surface area (Å²) in [5.74, 6) is -0.140. The maximum Gasteiger partial charge on any atom is 0.269 e. The van der Waals surface area contributed by atoms with Crippen LogP contribution >= 0.6 is 0 Å². The first-order valence-electron chi connectivity index (χ1n) is 7.32. The molecule has 0 saturated heterocycles. The summed E-state index contributed by atoms with van der Waals surface area (Å²) in [4.78, 5) is 16.0. The van der Waals surface area contributed by atoms with E-state index in [9.17, 15) is 4.79 Å². The summed E-state index contributed by atoms with van der Waals surface area (Å²) in [7, 11) is 1.65. The van der Waals surface area contributed by atoms with Crippen LogP contribution in [0.2, 0.25) is 0 Å². The summed E-state index contributed by atoms with van der Waals surface area (Å²) in [5, 5.41) is 5.99. The lowest BCUT2D eigenvalue weighted by Crippen LogP contribution is -2.25. The number of unbranched alkanes of at least 4 members (excludes halogenated alkanes) is 1. The molecule has 1 heterocycles. The first kappa shape index (κ1) is 17.4. The van der Waals surface area contributed by atoms with Crippen LogP contribution < -0.4 is 10.6 Å². The van der Waals surface area contributed by atoms with Crippen LogP contribution in [-0.2, 0) is 9.47 Å². The normalized spacial score (nSPS) is 10.4. The number of nitrogens with one attached hydrogen (secondary N) is 2. The van der Waals surface area contributed by atoms with Crippen molar-refractivity contribution >= 4 is 11.6 Å². The second-order valence-electron chi connectivity index (χ2n) is 4.53. The lowest BCUT2D eigenvalue weighted by molar-refractivity contribution is 0.0686. The molecule has 0 fully saturated rings. The minimum absolute atomic E-state index is 0.140.